The smallest absolute Gasteiger partial charge is 0.133 e. The molecule has 8 heavy (non-hydrogen) atoms. The summed E-state index contributed by atoms with van der Waals surface area (Å²) >= 11 is 0. The van der Waals surface area contributed by atoms with Gasteiger partial charge in [0.25, 0.3) is 0 Å². The number of carbonyl (C=O) groups excluding carboxylic acids is 1. The first-order chi connectivity index (χ1) is 3.70. The lowest BCUT2D eigenvalue weighted by Gasteiger charge is -2.26. The van der Waals surface area contributed by atoms with E-state index in [0.29, 0.717) is 12.8 Å². The van der Waals surface area contributed by atoms with Crippen molar-refractivity contribution < 1.29 is 9.90 Å². The molecule has 0 aliphatic heterocycles. The summed E-state index contributed by atoms with van der Waals surface area (Å²) in [5, 5.41) is 8.84. The van der Waals surface area contributed by atoms with Gasteiger partial charge in [-0.1, -0.05) is 0 Å². The number of aliphatic hydroxyl groups excluding tert-OH is 1. The van der Waals surface area contributed by atoms with Crippen LogP contribution in [-0.4, -0.2) is 17.0 Å². The van der Waals surface area contributed by atoms with Gasteiger partial charge in [0.15, 0.2) is 0 Å². The van der Waals surface area contributed by atoms with Crippen LogP contribution in [0.2, 0.25) is 0 Å². The normalized spacial score (nSPS) is 25.0. The highest BCUT2D eigenvalue weighted by Gasteiger charge is 2.29. The molecule has 2 heteroatoms. The second-order valence-electron chi connectivity index (χ2n) is 2.45. The van der Waals surface area contributed by atoms with Crippen molar-refractivity contribution in [2.75, 3.05) is 0 Å². The molecule has 1 unspecified atom stereocenters. The molecule has 1 fully saturated rings. The van der Waals surface area contributed by atoms with E-state index < -0.39 is 0 Å². The van der Waals surface area contributed by atoms with E-state index in [-0.39, 0.29) is 17.8 Å². The van der Waals surface area contributed by atoms with Gasteiger partial charge < -0.3 is 5.11 Å². The minimum absolute atomic E-state index is 0.266. The third-order valence-electron chi connectivity index (χ3n) is 1.66. The largest absolute Gasteiger partial charge is 0.393 e. The number of ketones is 1. The third-order valence-corrected chi connectivity index (χ3v) is 1.66. The molecule has 0 aromatic rings. The van der Waals surface area contributed by atoms with Crippen LogP contribution in [0.5, 0.6) is 0 Å². The summed E-state index contributed by atoms with van der Waals surface area (Å²) < 4.78 is 0. The molecule has 46 valence electrons. The monoisotopic (exact) mass is 114 g/mol. The van der Waals surface area contributed by atoms with Gasteiger partial charge in [0.1, 0.15) is 5.78 Å². The highest BCUT2D eigenvalue weighted by Crippen LogP contribution is 2.25. The average Bonchev–Trinajstić information content (AvgIpc) is 1.57. The Hall–Kier alpha value is -0.370. The van der Waals surface area contributed by atoms with Crippen LogP contribution in [0.25, 0.3) is 0 Å². The fourth-order valence-corrected chi connectivity index (χ4v) is 0.866. The molecule has 1 N–H and O–H groups in total. The van der Waals surface area contributed by atoms with Crippen LogP contribution in [0.1, 0.15) is 19.8 Å². The van der Waals surface area contributed by atoms with Crippen LogP contribution in [-0.2, 0) is 4.79 Å². The first-order valence-corrected chi connectivity index (χ1v) is 2.90. The first kappa shape index (κ1) is 5.76. The van der Waals surface area contributed by atoms with Crippen molar-refractivity contribution >= 4 is 5.78 Å². The molecular weight excluding hydrogens is 104 g/mol. The van der Waals surface area contributed by atoms with E-state index in [4.69, 9.17) is 5.11 Å². The molecule has 1 rings (SSSR count). The van der Waals surface area contributed by atoms with E-state index in [2.05, 4.69) is 0 Å². The minimum Gasteiger partial charge on any atom is -0.393 e. The number of Topliss-reactive ketones (excluding diaryl/α,β-unsaturated/α-hetero) is 1. The van der Waals surface area contributed by atoms with Gasteiger partial charge in [0, 0.05) is 12.8 Å². The van der Waals surface area contributed by atoms with E-state index in [9.17, 15) is 4.79 Å². The Labute approximate surface area is 48.5 Å². The van der Waals surface area contributed by atoms with Gasteiger partial charge in [-0.2, -0.15) is 0 Å². The van der Waals surface area contributed by atoms with Crippen molar-refractivity contribution in [3.63, 3.8) is 0 Å². The Morgan fingerprint density at radius 3 is 2.38 bits per heavy atom. The molecule has 0 radical (unpaired) electrons. The molecule has 0 aromatic carbocycles. The highest BCUT2D eigenvalue weighted by atomic mass is 16.3. The summed E-state index contributed by atoms with van der Waals surface area (Å²) in [5.74, 6) is 0.554. The number of hydrogen-bond acceptors (Lipinski definition) is 2. The zero-order valence-corrected chi connectivity index (χ0v) is 4.92. The van der Waals surface area contributed by atoms with E-state index in [1.54, 1.807) is 6.92 Å². The second kappa shape index (κ2) is 1.86. The molecule has 0 aromatic heterocycles. The summed E-state index contributed by atoms with van der Waals surface area (Å²) in [7, 11) is 0. The first-order valence-electron chi connectivity index (χ1n) is 2.90. The zero-order valence-electron chi connectivity index (χ0n) is 4.92. The van der Waals surface area contributed by atoms with Crippen LogP contribution in [0.3, 0.4) is 0 Å². The fraction of sp³-hybridized carbons (Fsp3) is 0.833. The Kier molecular flexibility index (Phi) is 1.34. The van der Waals surface area contributed by atoms with Crippen LogP contribution >= 0.6 is 0 Å². The van der Waals surface area contributed by atoms with Crippen molar-refractivity contribution in [3.05, 3.63) is 0 Å². The molecular formula is C6H10O2. The van der Waals surface area contributed by atoms with Gasteiger partial charge in [-0.3, -0.25) is 4.79 Å². The van der Waals surface area contributed by atoms with E-state index in [0.717, 1.165) is 0 Å². The SMILES string of the molecule is CC(O)C1CC(=O)C1. The molecule has 0 saturated heterocycles. The van der Waals surface area contributed by atoms with Crippen LogP contribution in [0.4, 0.5) is 0 Å². The Bertz CT molecular complexity index is 99.1. The lowest BCUT2D eigenvalue weighted by atomic mass is 9.81. The van der Waals surface area contributed by atoms with E-state index >= 15 is 0 Å². The van der Waals surface area contributed by atoms with Gasteiger partial charge in [-0.05, 0) is 12.8 Å². The molecule has 1 aliphatic carbocycles. The van der Waals surface area contributed by atoms with Crippen LogP contribution in [0, 0.1) is 5.92 Å². The molecule has 1 atom stereocenters. The maximum atomic E-state index is 10.3. The number of hydrogen-bond donors (Lipinski definition) is 1. The van der Waals surface area contributed by atoms with Gasteiger partial charge in [0.05, 0.1) is 6.10 Å². The fourth-order valence-electron chi connectivity index (χ4n) is 0.866. The van der Waals surface area contributed by atoms with Crippen molar-refractivity contribution in [1.82, 2.24) is 0 Å². The molecule has 0 bridgehead atoms. The highest BCUT2D eigenvalue weighted by molar-refractivity contribution is 5.84. The summed E-state index contributed by atoms with van der Waals surface area (Å²) in [5.41, 5.74) is 0. The summed E-state index contributed by atoms with van der Waals surface area (Å²) in [4.78, 5) is 10.3. The van der Waals surface area contributed by atoms with Crippen molar-refractivity contribution in [1.29, 1.82) is 0 Å². The Morgan fingerprint density at radius 1 is 1.75 bits per heavy atom. The van der Waals surface area contributed by atoms with Gasteiger partial charge in [-0.15, -0.1) is 0 Å². The third kappa shape index (κ3) is 0.892. The minimum atomic E-state index is -0.285. The maximum Gasteiger partial charge on any atom is 0.133 e. The van der Waals surface area contributed by atoms with Crippen LogP contribution < -0.4 is 0 Å². The Balaban J connectivity index is 2.25. The number of carbonyl (C=O) groups is 1. The van der Waals surface area contributed by atoms with Crippen LogP contribution in [0.15, 0.2) is 0 Å². The molecule has 1 aliphatic rings. The van der Waals surface area contributed by atoms with E-state index in [1.165, 1.54) is 0 Å². The standard InChI is InChI=1S/C6H10O2/c1-4(7)5-2-6(8)3-5/h4-5,7H,2-3H2,1H3. The topological polar surface area (TPSA) is 37.3 Å². The number of aliphatic hydroxyl groups is 1. The summed E-state index contributed by atoms with van der Waals surface area (Å²) in [6.07, 6.45) is 0.905. The lowest BCUT2D eigenvalue weighted by molar-refractivity contribution is -0.129. The molecule has 0 spiro atoms. The summed E-state index contributed by atoms with van der Waals surface area (Å²) in [6.45, 7) is 1.73. The predicted molar refractivity (Wildman–Crippen MR) is 29.4 cm³/mol. The zero-order chi connectivity index (χ0) is 6.15. The van der Waals surface area contributed by atoms with Gasteiger partial charge in [-0.25, -0.2) is 0 Å². The summed E-state index contributed by atoms with van der Waals surface area (Å²) in [6, 6.07) is 0. The molecule has 0 amide bonds. The molecule has 0 heterocycles. The van der Waals surface area contributed by atoms with Gasteiger partial charge in [0.2, 0.25) is 0 Å². The van der Waals surface area contributed by atoms with Crippen molar-refractivity contribution in [3.8, 4) is 0 Å². The quantitative estimate of drug-likeness (QED) is 0.534. The maximum absolute atomic E-state index is 10.3. The molecule has 2 nitrogen and oxygen atoms in total. The van der Waals surface area contributed by atoms with Crippen molar-refractivity contribution in [2.45, 2.75) is 25.9 Å². The van der Waals surface area contributed by atoms with E-state index in [1.807, 2.05) is 0 Å². The Morgan fingerprint density at radius 2 is 2.25 bits per heavy atom. The van der Waals surface area contributed by atoms with Gasteiger partial charge >= 0.3 is 0 Å². The van der Waals surface area contributed by atoms with Crippen molar-refractivity contribution in [2.24, 2.45) is 5.92 Å². The lowest BCUT2D eigenvalue weighted by Crippen LogP contribution is -2.31. The average molecular weight is 114 g/mol. The molecule has 1 saturated carbocycles. The second-order valence-corrected chi connectivity index (χ2v) is 2.45. The number of rotatable bonds is 1. The predicted octanol–water partition coefficient (Wildman–Crippen LogP) is 0.346.